The van der Waals surface area contributed by atoms with Crippen LogP contribution in [0.4, 0.5) is 11.5 Å². The van der Waals surface area contributed by atoms with Crippen molar-refractivity contribution in [2.75, 3.05) is 16.9 Å². The van der Waals surface area contributed by atoms with E-state index >= 15 is 0 Å². The molecule has 2 aromatic rings. The molecule has 0 aliphatic carbocycles. The second kappa shape index (κ2) is 5.87. The van der Waals surface area contributed by atoms with E-state index in [-0.39, 0.29) is 11.6 Å². The van der Waals surface area contributed by atoms with E-state index in [0.717, 1.165) is 5.69 Å². The van der Waals surface area contributed by atoms with Crippen molar-refractivity contribution in [1.82, 2.24) is 15.0 Å². The number of hydrogen-bond donors (Lipinski definition) is 2. The van der Waals surface area contributed by atoms with Gasteiger partial charge in [-0.15, -0.1) is 0 Å². The lowest BCUT2D eigenvalue weighted by atomic mass is 10.3. The number of hydrazine groups is 1. The Hall–Kier alpha value is -2.54. The Morgan fingerprint density at radius 1 is 1.32 bits per heavy atom. The van der Waals surface area contributed by atoms with Crippen molar-refractivity contribution in [3.05, 3.63) is 42.6 Å². The Balaban J connectivity index is 2.25. The van der Waals surface area contributed by atoms with E-state index in [1.165, 1.54) is 12.4 Å². The first-order chi connectivity index (χ1) is 9.26. The average Bonchev–Trinajstić information content (AvgIpc) is 2.49. The molecule has 98 valence electrons. The maximum atomic E-state index is 12.3. The summed E-state index contributed by atoms with van der Waals surface area (Å²) in [5.74, 6) is 5.39. The van der Waals surface area contributed by atoms with Gasteiger partial charge < -0.3 is 10.3 Å². The zero-order valence-electron chi connectivity index (χ0n) is 10.4. The molecular formula is C12H14N6O. The highest BCUT2D eigenvalue weighted by Gasteiger charge is 2.17. The summed E-state index contributed by atoms with van der Waals surface area (Å²) < 4.78 is 0. The van der Waals surface area contributed by atoms with Crippen LogP contribution < -0.4 is 16.2 Å². The lowest BCUT2D eigenvalue weighted by molar-refractivity contribution is 0.0983. The third kappa shape index (κ3) is 2.83. The van der Waals surface area contributed by atoms with Gasteiger partial charge in [0.1, 0.15) is 5.69 Å². The van der Waals surface area contributed by atoms with Crippen molar-refractivity contribution >= 4 is 17.4 Å². The van der Waals surface area contributed by atoms with Gasteiger partial charge in [-0.2, -0.15) is 0 Å². The number of carbonyl (C=O) groups is 1. The highest BCUT2D eigenvalue weighted by molar-refractivity contribution is 6.04. The molecule has 2 heterocycles. The fourth-order valence-corrected chi connectivity index (χ4v) is 1.62. The first kappa shape index (κ1) is 12.9. The third-order valence-electron chi connectivity index (χ3n) is 2.55. The summed E-state index contributed by atoms with van der Waals surface area (Å²) in [6.07, 6.45) is 6.08. The fraction of sp³-hybridized carbons (Fsp3) is 0.167. The van der Waals surface area contributed by atoms with Gasteiger partial charge in [-0.1, -0.05) is 0 Å². The minimum Gasteiger partial charge on any atom is -0.307 e. The standard InChI is InChI=1S/C12H14N6O/c1-2-18(9-3-5-14-6-4-9)12(19)10-7-16-11(17-13)8-15-10/h3-8H,2,13H2,1H3,(H,16,17). The summed E-state index contributed by atoms with van der Waals surface area (Å²) in [6.45, 7) is 2.42. The molecule has 0 saturated heterocycles. The number of nitrogen functional groups attached to an aromatic ring is 1. The summed E-state index contributed by atoms with van der Waals surface area (Å²) in [5.41, 5.74) is 3.39. The predicted molar refractivity (Wildman–Crippen MR) is 71.4 cm³/mol. The zero-order chi connectivity index (χ0) is 13.7. The molecule has 0 saturated carbocycles. The van der Waals surface area contributed by atoms with Crippen LogP contribution in [0.3, 0.4) is 0 Å². The Labute approximate surface area is 110 Å². The first-order valence-corrected chi connectivity index (χ1v) is 5.76. The van der Waals surface area contributed by atoms with Crippen molar-refractivity contribution in [2.24, 2.45) is 5.84 Å². The van der Waals surface area contributed by atoms with Gasteiger partial charge in [-0.05, 0) is 19.1 Å². The minimum atomic E-state index is -0.218. The molecule has 0 bridgehead atoms. The van der Waals surface area contributed by atoms with Gasteiger partial charge in [-0.3, -0.25) is 9.78 Å². The third-order valence-corrected chi connectivity index (χ3v) is 2.55. The summed E-state index contributed by atoms with van der Waals surface area (Å²) in [5, 5.41) is 0. The predicted octanol–water partition coefficient (Wildman–Crippen LogP) is 0.824. The molecule has 3 N–H and O–H groups in total. The smallest absolute Gasteiger partial charge is 0.278 e. The number of nitrogens with one attached hydrogen (secondary N) is 1. The van der Waals surface area contributed by atoms with Crippen LogP contribution in [0, 0.1) is 0 Å². The minimum absolute atomic E-state index is 0.218. The van der Waals surface area contributed by atoms with E-state index in [4.69, 9.17) is 5.84 Å². The van der Waals surface area contributed by atoms with Crippen molar-refractivity contribution in [3.8, 4) is 0 Å². The van der Waals surface area contributed by atoms with Gasteiger partial charge in [0, 0.05) is 24.6 Å². The quantitative estimate of drug-likeness (QED) is 0.622. The molecule has 0 aromatic carbocycles. The number of hydrogen-bond acceptors (Lipinski definition) is 6. The fourth-order valence-electron chi connectivity index (χ4n) is 1.62. The molecule has 0 atom stereocenters. The van der Waals surface area contributed by atoms with Gasteiger partial charge in [-0.25, -0.2) is 15.8 Å². The summed E-state index contributed by atoms with van der Waals surface area (Å²) in [6, 6.07) is 3.54. The van der Waals surface area contributed by atoms with Gasteiger partial charge in [0.2, 0.25) is 0 Å². The van der Waals surface area contributed by atoms with Gasteiger partial charge in [0.25, 0.3) is 5.91 Å². The van der Waals surface area contributed by atoms with E-state index < -0.39 is 0 Å². The van der Waals surface area contributed by atoms with Crippen LogP contribution >= 0.6 is 0 Å². The molecule has 0 radical (unpaired) electrons. The topological polar surface area (TPSA) is 97.0 Å². The molecule has 2 aromatic heterocycles. The van der Waals surface area contributed by atoms with Crippen LogP contribution in [0.1, 0.15) is 17.4 Å². The van der Waals surface area contributed by atoms with Crippen molar-refractivity contribution in [1.29, 1.82) is 0 Å². The van der Waals surface area contributed by atoms with Crippen molar-refractivity contribution in [3.63, 3.8) is 0 Å². The maximum absolute atomic E-state index is 12.3. The molecule has 19 heavy (non-hydrogen) atoms. The van der Waals surface area contributed by atoms with Crippen molar-refractivity contribution in [2.45, 2.75) is 6.92 Å². The van der Waals surface area contributed by atoms with Crippen LogP contribution in [0.5, 0.6) is 0 Å². The second-order valence-electron chi connectivity index (χ2n) is 3.69. The number of nitrogens with zero attached hydrogens (tertiary/aromatic N) is 4. The molecule has 7 nitrogen and oxygen atoms in total. The number of amides is 1. The molecular weight excluding hydrogens is 244 g/mol. The SMILES string of the molecule is CCN(C(=O)c1cnc(NN)cn1)c1ccncc1. The highest BCUT2D eigenvalue weighted by Crippen LogP contribution is 2.14. The van der Waals surface area contributed by atoms with Gasteiger partial charge in [0.15, 0.2) is 5.82 Å². The lowest BCUT2D eigenvalue weighted by Gasteiger charge is -2.20. The normalized spacial score (nSPS) is 10.0. The summed E-state index contributed by atoms with van der Waals surface area (Å²) in [7, 11) is 0. The highest BCUT2D eigenvalue weighted by atomic mass is 16.2. The Morgan fingerprint density at radius 3 is 2.58 bits per heavy atom. The maximum Gasteiger partial charge on any atom is 0.278 e. The van der Waals surface area contributed by atoms with Crippen LogP contribution in [0.2, 0.25) is 0 Å². The van der Waals surface area contributed by atoms with Crippen LogP contribution in [0.15, 0.2) is 36.9 Å². The molecule has 0 aliphatic heterocycles. The molecule has 1 amide bonds. The van der Waals surface area contributed by atoms with Gasteiger partial charge >= 0.3 is 0 Å². The number of carbonyl (C=O) groups excluding carboxylic acids is 1. The van der Waals surface area contributed by atoms with E-state index in [2.05, 4.69) is 20.4 Å². The molecule has 0 spiro atoms. The lowest BCUT2D eigenvalue weighted by Crippen LogP contribution is -2.31. The van der Waals surface area contributed by atoms with Crippen LogP contribution in [-0.2, 0) is 0 Å². The first-order valence-electron chi connectivity index (χ1n) is 5.76. The molecule has 0 fully saturated rings. The number of aromatic nitrogens is 3. The molecule has 7 heteroatoms. The molecule has 0 unspecified atom stereocenters. The average molecular weight is 258 g/mol. The molecule has 2 rings (SSSR count). The summed E-state index contributed by atoms with van der Waals surface area (Å²) >= 11 is 0. The zero-order valence-corrected chi connectivity index (χ0v) is 10.4. The summed E-state index contributed by atoms with van der Waals surface area (Å²) in [4.78, 5) is 25.9. The van der Waals surface area contributed by atoms with Crippen molar-refractivity contribution < 1.29 is 4.79 Å². The van der Waals surface area contributed by atoms with E-state index in [0.29, 0.717) is 12.4 Å². The monoisotopic (exact) mass is 258 g/mol. The Bertz CT molecular complexity index is 542. The van der Waals surface area contributed by atoms with Crippen LogP contribution in [0.25, 0.3) is 0 Å². The number of pyridine rings is 1. The van der Waals surface area contributed by atoms with E-state index in [1.54, 1.807) is 29.4 Å². The Morgan fingerprint density at radius 2 is 2.05 bits per heavy atom. The number of nitrogens with two attached hydrogens (primary N) is 1. The van der Waals surface area contributed by atoms with E-state index in [9.17, 15) is 4.79 Å². The Kier molecular flexibility index (Phi) is 3.99. The number of rotatable bonds is 4. The second-order valence-corrected chi connectivity index (χ2v) is 3.69. The van der Waals surface area contributed by atoms with Gasteiger partial charge in [0.05, 0.1) is 12.4 Å². The van der Waals surface area contributed by atoms with E-state index in [1.807, 2.05) is 6.92 Å². The molecule has 0 aliphatic rings. The van der Waals surface area contributed by atoms with Crippen LogP contribution in [-0.4, -0.2) is 27.4 Å². The largest absolute Gasteiger partial charge is 0.307 e. The number of anilines is 2.